The lowest BCUT2D eigenvalue weighted by atomic mass is 9.96. The lowest BCUT2D eigenvalue weighted by Crippen LogP contribution is -2.70. The number of allylic oxidation sites excluding steroid dienone is 1. The van der Waals surface area contributed by atoms with Gasteiger partial charge in [-0.3, -0.25) is 14.5 Å². The standard InChI is InChI=1S/C40H46N4O8S/c1-5-22-50-39(49)42-19-16-26(17-20-42)24-43-21-18-29(34(43)45)23-30-25-53-36-31(41-38(48)52-40(2,3)4)35(46)44(36)32(30)37(47)51-33(27-12-8-6-9-13-27)28-14-10-7-11-15-28/h5-15,23,26,31,33,36H,1,16-22,24-25H2,2-4H3,(H,41,48)/t31-,36-/m1/s1. The summed E-state index contributed by atoms with van der Waals surface area (Å²) < 4.78 is 16.8. The number of hydrogen-bond donors (Lipinski definition) is 1. The number of alkyl carbamates (subject to hydrolysis) is 1. The van der Waals surface area contributed by atoms with Gasteiger partial charge in [0.1, 0.15) is 29.3 Å². The molecular formula is C40H46N4O8S. The highest BCUT2D eigenvalue weighted by molar-refractivity contribution is 8.00. The molecule has 280 valence electrons. The van der Waals surface area contributed by atoms with Crippen molar-refractivity contribution in [3.8, 4) is 0 Å². The Morgan fingerprint density at radius 3 is 2.23 bits per heavy atom. The molecule has 3 fully saturated rings. The summed E-state index contributed by atoms with van der Waals surface area (Å²) in [6.45, 7) is 11.2. The summed E-state index contributed by atoms with van der Waals surface area (Å²) in [5.74, 6) is -0.741. The molecule has 2 atom stereocenters. The van der Waals surface area contributed by atoms with Gasteiger partial charge in [0.15, 0.2) is 6.10 Å². The van der Waals surface area contributed by atoms with Crippen LogP contribution >= 0.6 is 11.8 Å². The summed E-state index contributed by atoms with van der Waals surface area (Å²) in [6, 6.07) is 17.8. The molecule has 0 unspecified atom stereocenters. The number of likely N-dealkylation sites (tertiary alicyclic amines) is 2. The number of carbonyl (C=O) groups is 5. The molecule has 13 heteroatoms. The number of thioether (sulfide) groups is 1. The van der Waals surface area contributed by atoms with Gasteiger partial charge in [0.2, 0.25) is 5.91 Å². The number of piperidine rings is 1. The number of nitrogens with one attached hydrogen (secondary N) is 1. The van der Waals surface area contributed by atoms with Gasteiger partial charge in [-0.2, -0.15) is 0 Å². The minimum Gasteiger partial charge on any atom is -0.448 e. The Labute approximate surface area is 314 Å². The van der Waals surface area contributed by atoms with Crippen molar-refractivity contribution in [1.82, 2.24) is 20.0 Å². The van der Waals surface area contributed by atoms with E-state index < -0.39 is 41.1 Å². The molecule has 2 aromatic carbocycles. The summed E-state index contributed by atoms with van der Waals surface area (Å²) in [6.07, 6.45) is 3.43. The molecule has 0 aliphatic carbocycles. The van der Waals surface area contributed by atoms with Gasteiger partial charge in [-0.15, -0.1) is 11.8 Å². The normalized spacial score (nSPS) is 21.4. The van der Waals surface area contributed by atoms with Crippen molar-refractivity contribution >= 4 is 41.7 Å². The van der Waals surface area contributed by atoms with Crippen molar-refractivity contribution in [2.45, 2.75) is 63.2 Å². The Balaban J connectivity index is 1.23. The molecule has 1 N–H and O–H groups in total. The van der Waals surface area contributed by atoms with Crippen molar-refractivity contribution in [3.05, 3.63) is 107 Å². The number of esters is 1. The molecule has 0 radical (unpaired) electrons. The van der Waals surface area contributed by atoms with Crippen LogP contribution in [0.4, 0.5) is 9.59 Å². The average Bonchev–Trinajstić information content (AvgIpc) is 3.49. The molecule has 0 saturated carbocycles. The maximum atomic E-state index is 14.4. The summed E-state index contributed by atoms with van der Waals surface area (Å²) in [5.41, 5.74) is 1.88. The van der Waals surface area contributed by atoms with E-state index in [2.05, 4.69) is 11.9 Å². The number of rotatable bonds is 10. The fraction of sp³-hybridized carbons (Fsp3) is 0.425. The van der Waals surface area contributed by atoms with Crippen molar-refractivity contribution in [2.75, 3.05) is 38.5 Å². The topological polar surface area (TPSA) is 135 Å². The van der Waals surface area contributed by atoms with Gasteiger partial charge in [0.25, 0.3) is 5.91 Å². The zero-order chi connectivity index (χ0) is 37.7. The molecule has 3 saturated heterocycles. The minimum atomic E-state index is -0.898. The number of β-lactam (4-membered cyclic amide) rings is 1. The highest BCUT2D eigenvalue weighted by Gasteiger charge is 2.55. The van der Waals surface area contributed by atoms with E-state index in [1.165, 1.54) is 22.7 Å². The van der Waals surface area contributed by atoms with Crippen LogP contribution in [0, 0.1) is 5.92 Å². The van der Waals surface area contributed by atoms with Crippen LogP contribution in [0.2, 0.25) is 0 Å². The van der Waals surface area contributed by atoms with E-state index in [-0.39, 0.29) is 30.2 Å². The van der Waals surface area contributed by atoms with Gasteiger partial charge in [0.05, 0.1) is 0 Å². The molecular weight excluding hydrogens is 697 g/mol. The van der Waals surface area contributed by atoms with Gasteiger partial charge < -0.3 is 29.3 Å². The maximum absolute atomic E-state index is 14.4. The molecule has 2 aromatic rings. The number of carbonyl (C=O) groups excluding carboxylic acids is 5. The number of benzene rings is 2. The Bertz CT molecular complexity index is 1740. The molecule has 6 rings (SSSR count). The predicted molar refractivity (Wildman–Crippen MR) is 199 cm³/mol. The van der Waals surface area contributed by atoms with E-state index in [9.17, 15) is 24.0 Å². The summed E-state index contributed by atoms with van der Waals surface area (Å²) >= 11 is 1.40. The largest absolute Gasteiger partial charge is 0.448 e. The number of fused-ring (bicyclic) bond motifs is 1. The third-order valence-electron chi connectivity index (χ3n) is 9.53. The summed E-state index contributed by atoms with van der Waals surface area (Å²) in [4.78, 5) is 71.7. The van der Waals surface area contributed by atoms with Crippen LogP contribution in [-0.2, 0) is 28.6 Å². The fourth-order valence-electron chi connectivity index (χ4n) is 6.94. The number of hydrogen-bond acceptors (Lipinski definition) is 9. The van der Waals surface area contributed by atoms with E-state index in [0.717, 1.165) is 24.0 Å². The fourth-order valence-corrected chi connectivity index (χ4v) is 8.25. The first-order valence-electron chi connectivity index (χ1n) is 17.9. The maximum Gasteiger partial charge on any atom is 0.410 e. The van der Waals surface area contributed by atoms with E-state index >= 15 is 0 Å². The van der Waals surface area contributed by atoms with Crippen LogP contribution in [0.5, 0.6) is 0 Å². The van der Waals surface area contributed by atoms with Crippen LogP contribution in [0.25, 0.3) is 0 Å². The van der Waals surface area contributed by atoms with E-state index in [4.69, 9.17) is 14.2 Å². The molecule has 0 spiro atoms. The third-order valence-corrected chi connectivity index (χ3v) is 10.8. The first kappa shape index (κ1) is 37.7. The van der Waals surface area contributed by atoms with Crippen molar-refractivity contribution in [2.24, 2.45) is 5.92 Å². The number of ether oxygens (including phenoxy) is 3. The highest BCUT2D eigenvalue weighted by Crippen LogP contribution is 2.43. The van der Waals surface area contributed by atoms with Crippen LogP contribution in [-0.4, -0.2) is 100 Å². The minimum absolute atomic E-state index is 0.0623. The molecule has 4 aliphatic heterocycles. The van der Waals surface area contributed by atoms with Gasteiger partial charge in [-0.05, 0) is 68.7 Å². The van der Waals surface area contributed by atoms with E-state index in [1.807, 2.05) is 65.6 Å². The smallest absolute Gasteiger partial charge is 0.410 e. The Hall–Kier alpha value is -5.04. The molecule has 4 amide bonds. The predicted octanol–water partition coefficient (Wildman–Crippen LogP) is 5.58. The van der Waals surface area contributed by atoms with Crippen LogP contribution in [0.15, 0.2) is 96.2 Å². The number of nitrogens with zero attached hydrogens (tertiary/aromatic N) is 3. The zero-order valence-corrected chi connectivity index (χ0v) is 31.1. The Kier molecular flexibility index (Phi) is 11.6. The third kappa shape index (κ3) is 8.78. The summed E-state index contributed by atoms with van der Waals surface area (Å²) in [5, 5.41) is 2.11. The monoisotopic (exact) mass is 742 g/mol. The molecule has 12 nitrogen and oxygen atoms in total. The Morgan fingerprint density at radius 2 is 1.62 bits per heavy atom. The van der Waals surface area contributed by atoms with Crippen LogP contribution in [0.1, 0.15) is 57.3 Å². The SMILES string of the molecule is C=CCOC(=O)N1CCC(CN2CCC(=CC3=C(C(=O)OC(c4ccccc4)c4ccccc4)N4C(=O)[C@@H](NC(=O)OC(C)(C)C)[C@H]4SC3)C2=O)CC1. The van der Waals surface area contributed by atoms with Gasteiger partial charge in [0, 0.05) is 37.5 Å². The van der Waals surface area contributed by atoms with Gasteiger partial charge >= 0.3 is 18.2 Å². The first-order valence-corrected chi connectivity index (χ1v) is 19.0. The quantitative estimate of drug-likeness (QED) is 0.109. The molecule has 4 heterocycles. The van der Waals surface area contributed by atoms with Crippen molar-refractivity contribution in [1.29, 1.82) is 0 Å². The van der Waals surface area contributed by atoms with Crippen molar-refractivity contribution < 1.29 is 38.2 Å². The second-order valence-electron chi connectivity index (χ2n) is 14.5. The van der Waals surface area contributed by atoms with Crippen LogP contribution in [0.3, 0.4) is 0 Å². The van der Waals surface area contributed by atoms with E-state index in [0.29, 0.717) is 49.5 Å². The van der Waals surface area contributed by atoms with Crippen LogP contribution < -0.4 is 5.32 Å². The summed E-state index contributed by atoms with van der Waals surface area (Å²) in [7, 11) is 0. The van der Waals surface area contributed by atoms with E-state index in [1.54, 1.807) is 31.7 Å². The molecule has 0 bridgehead atoms. The second kappa shape index (κ2) is 16.3. The zero-order valence-electron chi connectivity index (χ0n) is 30.3. The van der Waals surface area contributed by atoms with Crippen molar-refractivity contribution in [3.63, 3.8) is 0 Å². The Morgan fingerprint density at radius 1 is 0.981 bits per heavy atom. The lowest BCUT2D eigenvalue weighted by molar-refractivity contribution is -0.153. The van der Waals surface area contributed by atoms with Gasteiger partial charge in [-0.1, -0.05) is 73.3 Å². The second-order valence-corrected chi connectivity index (χ2v) is 15.6. The number of amides is 4. The molecule has 4 aliphatic rings. The molecule has 0 aromatic heterocycles. The first-order chi connectivity index (χ1) is 25.4. The average molecular weight is 743 g/mol. The molecule has 53 heavy (non-hydrogen) atoms. The highest BCUT2D eigenvalue weighted by atomic mass is 32.2. The lowest BCUT2D eigenvalue weighted by Gasteiger charge is -2.49. The van der Waals surface area contributed by atoms with Gasteiger partial charge in [-0.25, -0.2) is 14.4 Å².